The summed E-state index contributed by atoms with van der Waals surface area (Å²) in [7, 11) is 1.44. The third kappa shape index (κ3) is 4.34. The highest BCUT2D eigenvalue weighted by molar-refractivity contribution is 6.34. The molecule has 2 atom stereocenters. The van der Waals surface area contributed by atoms with Crippen molar-refractivity contribution >= 4 is 34.4 Å². The van der Waals surface area contributed by atoms with E-state index in [1.165, 1.54) is 28.8 Å². The van der Waals surface area contributed by atoms with E-state index in [0.29, 0.717) is 11.9 Å². The molecule has 29 heavy (non-hydrogen) atoms. The Morgan fingerprint density at radius 1 is 1.24 bits per heavy atom. The predicted molar refractivity (Wildman–Crippen MR) is 92.9 cm³/mol. The second-order valence-electron chi connectivity index (χ2n) is 6.19. The molecule has 2 aromatic rings. The van der Waals surface area contributed by atoms with Gasteiger partial charge in [-0.2, -0.15) is 18.3 Å². The van der Waals surface area contributed by atoms with Gasteiger partial charge in [0, 0.05) is 37.2 Å². The molecule has 0 bridgehead atoms. The van der Waals surface area contributed by atoms with Crippen LogP contribution in [-0.2, 0) is 11.8 Å². The summed E-state index contributed by atoms with van der Waals surface area (Å²) in [5, 5.41) is 20.7. The van der Waals surface area contributed by atoms with Gasteiger partial charge in [0.15, 0.2) is 5.15 Å². The number of carbonyl (C=O) groups is 2. The first-order valence-electron chi connectivity index (χ1n) is 7.84. The van der Waals surface area contributed by atoms with Gasteiger partial charge in [0.1, 0.15) is 6.17 Å². The molecular weight excluding hydrogens is 425 g/mol. The maximum absolute atomic E-state index is 12.3. The number of aryl methyl sites for hydroxylation is 1. The van der Waals surface area contributed by atoms with Crippen LogP contribution in [0.4, 0.5) is 18.0 Å². The average Bonchev–Trinajstić information content (AvgIpc) is 2.58. The van der Waals surface area contributed by atoms with E-state index in [1.807, 2.05) is 6.92 Å². The van der Waals surface area contributed by atoms with Gasteiger partial charge in [0.25, 0.3) is 11.1 Å². The molecule has 3 heterocycles. The van der Waals surface area contributed by atoms with Crippen LogP contribution in [0.1, 0.15) is 13.1 Å². The molecule has 1 aliphatic rings. The van der Waals surface area contributed by atoms with E-state index in [4.69, 9.17) is 26.6 Å². The van der Waals surface area contributed by atoms with Gasteiger partial charge in [0.05, 0.1) is 5.39 Å². The van der Waals surface area contributed by atoms with Gasteiger partial charge in [-0.3, -0.25) is 19.1 Å². The maximum Gasteiger partial charge on any atom is 0.490 e. The van der Waals surface area contributed by atoms with Crippen LogP contribution in [0.25, 0.3) is 10.8 Å². The number of aliphatic carboxylic acids is 1. The lowest BCUT2D eigenvalue weighted by Gasteiger charge is -2.45. The topological polar surface area (TPSA) is 135 Å². The van der Waals surface area contributed by atoms with E-state index >= 15 is 0 Å². The minimum atomic E-state index is -5.08. The lowest BCUT2D eigenvalue weighted by Crippen LogP contribution is -2.55. The molecule has 3 rings (SSSR count). The molecule has 2 N–H and O–H groups in total. The maximum atomic E-state index is 12.3. The van der Waals surface area contributed by atoms with Gasteiger partial charge in [-0.1, -0.05) is 18.5 Å². The lowest BCUT2D eigenvalue weighted by atomic mass is 9.97. The van der Waals surface area contributed by atoms with E-state index in [9.17, 15) is 27.6 Å². The summed E-state index contributed by atoms with van der Waals surface area (Å²) in [5.74, 6) is -2.77. The average molecular weight is 439 g/mol. The van der Waals surface area contributed by atoms with Crippen molar-refractivity contribution in [2.75, 3.05) is 6.54 Å². The molecule has 158 valence electrons. The minimum Gasteiger partial charge on any atom is -0.475 e. The summed E-state index contributed by atoms with van der Waals surface area (Å²) in [4.78, 5) is 45.5. The van der Waals surface area contributed by atoms with Crippen LogP contribution >= 0.6 is 11.6 Å². The summed E-state index contributed by atoms with van der Waals surface area (Å²) in [6.45, 7) is 2.21. The number of likely N-dealkylation sites (tertiary alicyclic amines) is 1. The standard InChI is InChI=1S/C13H13ClN4O4.C2HF3O2/c1-6-4-18(13(21)22)11(6)17-5-8-7(3-9(17)19)12(20)16(2)15-10(8)14;3-2(4,5)1(6)7/h3,5-6,11H,4H2,1-2H3,(H,21,22);(H,6,7). The van der Waals surface area contributed by atoms with E-state index in [1.54, 1.807) is 0 Å². The molecule has 0 aliphatic carbocycles. The Kier molecular flexibility index (Phi) is 5.92. The Hall–Kier alpha value is -3.09. The fourth-order valence-corrected chi connectivity index (χ4v) is 3.06. The Morgan fingerprint density at radius 2 is 1.79 bits per heavy atom. The van der Waals surface area contributed by atoms with Crippen molar-refractivity contribution in [1.29, 1.82) is 0 Å². The molecule has 1 saturated heterocycles. The van der Waals surface area contributed by atoms with Crippen LogP contribution in [0.15, 0.2) is 21.9 Å². The molecule has 1 amide bonds. The molecule has 0 spiro atoms. The van der Waals surface area contributed by atoms with Crippen molar-refractivity contribution in [3.63, 3.8) is 0 Å². The number of rotatable bonds is 1. The number of alkyl halides is 3. The molecule has 0 radical (unpaired) electrons. The van der Waals surface area contributed by atoms with E-state index in [2.05, 4.69) is 5.10 Å². The zero-order chi connectivity index (χ0) is 22.3. The van der Waals surface area contributed by atoms with Crippen LogP contribution in [0, 0.1) is 5.92 Å². The normalized spacial score (nSPS) is 18.6. The highest BCUT2D eigenvalue weighted by Gasteiger charge is 2.41. The molecular formula is C15H14ClF3N4O6. The number of hydrogen-bond donors (Lipinski definition) is 2. The van der Waals surface area contributed by atoms with Crippen molar-refractivity contribution in [3.8, 4) is 0 Å². The first kappa shape index (κ1) is 22.2. The van der Waals surface area contributed by atoms with Crippen molar-refractivity contribution < 1.29 is 33.0 Å². The number of amides is 1. The smallest absolute Gasteiger partial charge is 0.475 e. The summed E-state index contributed by atoms with van der Waals surface area (Å²) in [6, 6.07) is 1.18. The third-order valence-electron chi connectivity index (χ3n) is 4.15. The zero-order valence-electron chi connectivity index (χ0n) is 14.8. The molecule has 10 nitrogen and oxygen atoms in total. The number of fused-ring (bicyclic) bond motifs is 1. The van der Waals surface area contributed by atoms with Crippen LogP contribution < -0.4 is 11.1 Å². The van der Waals surface area contributed by atoms with Crippen molar-refractivity contribution in [2.45, 2.75) is 19.3 Å². The van der Waals surface area contributed by atoms with Crippen molar-refractivity contribution in [3.05, 3.63) is 38.1 Å². The second kappa shape index (κ2) is 7.73. The number of halogens is 4. The van der Waals surface area contributed by atoms with Gasteiger partial charge in [-0.25, -0.2) is 14.3 Å². The van der Waals surface area contributed by atoms with Gasteiger partial charge in [-0.05, 0) is 0 Å². The highest BCUT2D eigenvalue weighted by Crippen LogP contribution is 2.33. The Balaban J connectivity index is 0.000000370. The molecule has 2 unspecified atom stereocenters. The second-order valence-corrected chi connectivity index (χ2v) is 6.55. The van der Waals surface area contributed by atoms with Gasteiger partial charge >= 0.3 is 18.2 Å². The number of carboxylic acids is 1. The van der Waals surface area contributed by atoms with Gasteiger partial charge in [-0.15, -0.1) is 0 Å². The number of pyridine rings is 1. The zero-order valence-corrected chi connectivity index (χ0v) is 15.6. The summed E-state index contributed by atoms with van der Waals surface area (Å²) in [6.07, 6.45) is -5.37. The summed E-state index contributed by atoms with van der Waals surface area (Å²) in [5.41, 5.74) is -0.880. The van der Waals surface area contributed by atoms with Gasteiger partial charge in [0.2, 0.25) is 0 Å². The molecule has 1 aliphatic heterocycles. The lowest BCUT2D eigenvalue weighted by molar-refractivity contribution is -0.192. The fourth-order valence-electron chi connectivity index (χ4n) is 2.80. The SMILES string of the molecule is CC1CN(C(=O)O)C1n1cc2c(Cl)nn(C)c(=O)c2cc1=O.O=C(O)C(F)(F)F. The van der Waals surface area contributed by atoms with Crippen molar-refractivity contribution in [1.82, 2.24) is 19.2 Å². The first-order chi connectivity index (χ1) is 13.3. The highest BCUT2D eigenvalue weighted by atomic mass is 35.5. The number of carboxylic acid groups (broad SMARTS) is 2. The molecule has 0 aromatic carbocycles. The quantitative estimate of drug-likeness (QED) is 0.689. The predicted octanol–water partition coefficient (Wildman–Crippen LogP) is 1.51. The van der Waals surface area contributed by atoms with Gasteiger partial charge < -0.3 is 10.2 Å². The van der Waals surface area contributed by atoms with E-state index in [-0.39, 0.29) is 16.5 Å². The first-order valence-corrected chi connectivity index (χ1v) is 8.22. The number of nitrogens with zero attached hydrogens (tertiary/aromatic N) is 4. The molecule has 14 heteroatoms. The van der Waals surface area contributed by atoms with Crippen LogP contribution in [0.2, 0.25) is 5.15 Å². The van der Waals surface area contributed by atoms with Crippen LogP contribution in [0.3, 0.4) is 0 Å². The largest absolute Gasteiger partial charge is 0.490 e. The Morgan fingerprint density at radius 3 is 2.24 bits per heavy atom. The monoisotopic (exact) mass is 438 g/mol. The Labute approximate surface area is 164 Å². The van der Waals surface area contributed by atoms with E-state index < -0.39 is 35.5 Å². The Bertz CT molecular complexity index is 1100. The van der Waals surface area contributed by atoms with Crippen LogP contribution in [-0.4, -0.2) is 54.2 Å². The molecule has 1 fully saturated rings. The van der Waals surface area contributed by atoms with Crippen LogP contribution in [0.5, 0.6) is 0 Å². The third-order valence-corrected chi connectivity index (χ3v) is 4.43. The fraction of sp³-hybridized carbons (Fsp3) is 0.400. The van der Waals surface area contributed by atoms with E-state index in [0.717, 1.165) is 4.68 Å². The minimum absolute atomic E-state index is 0.00969. The number of hydrogen-bond acceptors (Lipinski definition) is 5. The molecule has 2 aromatic heterocycles. The number of aromatic nitrogens is 3. The summed E-state index contributed by atoms with van der Waals surface area (Å²) < 4.78 is 34.1. The van der Waals surface area contributed by atoms with Crippen molar-refractivity contribution in [2.24, 2.45) is 13.0 Å². The summed E-state index contributed by atoms with van der Waals surface area (Å²) >= 11 is 6.04. The molecule has 0 saturated carbocycles.